The molecule has 7 heteroatoms. The Morgan fingerprint density at radius 1 is 1.30 bits per heavy atom. The molecule has 1 aromatic heterocycles. The zero-order chi connectivity index (χ0) is 14.4. The number of aromatic nitrogens is 2. The Kier molecular flexibility index (Phi) is 5.71. The maximum atomic E-state index is 8.77. The van der Waals surface area contributed by atoms with Gasteiger partial charge in [0.2, 0.25) is 0 Å². The first-order valence-electron chi connectivity index (χ1n) is 5.87. The summed E-state index contributed by atoms with van der Waals surface area (Å²) in [6, 6.07) is 10.2. The summed E-state index contributed by atoms with van der Waals surface area (Å²) in [7, 11) is 1.66. The number of benzene rings is 1. The smallest absolute Gasteiger partial charge is 0.176 e. The van der Waals surface area contributed by atoms with Crippen LogP contribution >= 0.6 is 34.9 Å². The van der Waals surface area contributed by atoms with Gasteiger partial charge in [0.15, 0.2) is 8.68 Å². The number of hydrogen-bond donors (Lipinski definition) is 0. The summed E-state index contributed by atoms with van der Waals surface area (Å²) in [6.45, 7) is 1.86. The van der Waals surface area contributed by atoms with Crippen LogP contribution < -0.4 is 4.74 Å². The Morgan fingerprint density at radius 3 is 2.65 bits per heavy atom. The Hall–Kier alpha value is -1.23. The van der Waals surface area contributed by atoms with E-state index in [1.54, 1.807) is 18.9 Å². The molecule has 1 atom stereocenters. The number of hydrogen-bond acceptors (Lipinski definition) is 7. The summed E-state index contributed by atoms with van der Waals surface area (Å²) >= 11 is 4.63. The van der Waals surface area contributed by atoms with Gasteiger partial charge in [-0.25, -0.2) is 0 Å². The lowest BCUT2D eigenvalue weighted by Gasteiger charge is -2.01. The molecule has 104 valence electrons. The molecule has 2 aromatic rings. The van der Waals surface area contributed by atoms with Crippen molar-refractivity contribution in [1.82, 2.24) is 10.2 Å². The number of methoxy groups -OCH3 is 1. The number of thioether (sulfide) groups is 2. The molecule has 0 spiro atoms. The molecular weight excluding hydrogens is 310 g/mol. The van der Waals surface area contributed by atoms with Crippen molar-refractivity contribution in [1.29, 1.82) is 5.26 Å². The maximum Gasteiger partial charge on any atom is 0.176 e. The minimum atomic E-state index is -0.0950. The zero-order valence-corrected chi connectivity index (χ0v) is 13.5. The van der Waals surface area contributed by atoms with Gasteiger partial charge in [-0.3, -0.25) is 0 Å². The van der Waals surface area contributed by atoms with Gasteiger partial charge in [0.25, 0.3) is 0 Å². The van der Waals surface area contributed by atoms with Gasteiger partial charge < -0.3 is 4.74 Å². The van der Waals surface area contributed by atoms with Crippen molar-refractivity contribution in [2.45, 2.75) is 26.6 Å². The molecule has 20 heavy (non-hydrogen) atoms. The summed E-state index contributed by atoms with van der Waals surface area (Å²) < 4.78 is 6.89. The molecule has 0 saturated carbocycles. The molecule has 2 rings (SSSR count). The normalized spacial score (nSPS) is 11.8. The number of nitrogens with zero attached hydrogens (tertiary/aromatic N) is 3. The van der Waals surface area contributed by atoms with Gasteiger partial charge in [0.1, 0.15) is 5.75 Å². The molecule has 0 bridgehead atoms. The van der Waals surface area contributed by atoms with E-state index in [-0.39, 0.29) is 5.25 Å². The molecule has 0 aliphatic carbocycles. The van der Waals surface area contributed by atoms with E-state index in [2.05, 4.69) is 16.3 Å². The molecule has 0 amide bonds. The summed E-state index contributed by atoms with van der Waals surface area (Å²) in [5.74, 6) is 1.70. The van der Waals surface area contributed by atoms with Crippen LogP contribution in [-0.4, -0.2) is 22.6 Å². The van der Waals surface area contributed by atoms with Crippen molar-refractivity contribution in [2.24, 2.45) is 0 Å². The second kappa shape index (κ2) is 7.53. The Bertz CT molecular complexity index is 592. The van der Waals surface area contributed by atoms with Crippen molar-refractivity contribution >= 4 is 34.9 Å². The third kappa shape index (κ3) is 4.40. The molecule has 4 nitrogen and oxygen atoms in total. The van der Waals surface area contributed by atoms with Crippen LogP contribution in [0.4, 0.5) is 0 Å². The largest absolute Gasteiger partial charge is 0.497 e. The monoisotopic (exact) mass is 323 g/mol. The fourth-order valence-electron chi connectivity index (χ4n) is 1.35. The van der Waals surface area contributed by atoms with Crippen LogP contribution in [0.25, 0.3) is 0 Å². The van der Waals surface area contributed by atoms with Gasteiger partial charge in [0.05, 0.1) is 18.4 Å². The number of ether oxygens (including phenoxy) is 1. The van der Waals surface area contributed by atoms with Crippen LogP contribution in [-0.2, 0) is 5.75 Å². The van der Waals surface area contributed by atoms with Crippen LogP contribution in [0.1, 0.15) is 12.5 Å². The molecule has 1 aromatic carbocycles. The molecule has 0 unspecified atom stereocenters. The zero-order valence-electron chi connectivity index (χ0n) is 11.1. The summed E-state index contributed by atoms with van der Waals surface area (Å²) in [6.07, 6.45) is 0. The average Bonchev–Trinajstić information content (AvgIpc) is 2.93. The maximum absolute atomic E-state index is 8.77. The Morgan fingerprint density at radius 2 is 2.00 bits per heavy atom. The van der Waals surface area contributed by atoms with Gasteiger partial charge in [-0.1, -0.05) is 47.0 Å². The van der Waals surface area contributed by atoms with Crippen molar-refractivity contribution in [2.75, 3.05) is 7.11 Å². The van der Waals surface area contributed by atoms with E-state index < -0.39 is 0 Å². The minimum Gasteiger partial charge on any atom is -0.497 e. The van der Waals surface area contributed by atoms with Gasteiger partial charge in [0, 0.05) is 5.75 Å². The summed E-state index contributed by atoms with van der Waals surface area (Å²) in [4.78, 5) is 0. The van der Waals surface area contributed by atoms with Crippen molar-refractivity contribution in [3.05, 3.63) is 29.8 Å². The lowest BCUT2D eigenvalue weighted by atomic mass is 10.2. The third-order valence-corrected chi connectivity index (χ3v) is 5.57. The van der Waals surface area contributed by atoms with Gasteiger partial charge >= 0.3 is 0 Å². The second-order valence-corrected chi connectivity index (χ2v) is 7.65. The van der Waals surface area contributed by atoms with Gasteiger partial charge in [-0.15, -0.1) is 10.2 Å². The van der Waals surface area contributed by atoms with E-state index >= 15 is 0 Å². The molecule has 0 aliphatic rings. The van der Waals surface area contributed by atoms with Gasteiger partial charge in [-0.05, 0) is 24.6 Å². The lowest BCUT2D eigenvalue weighted by molar-refractivity contribution is 0.414. The van der Waals surface area contributed by atoms with Gasteiger partial charge in [-0.2, -0.15) is 5.26 Å². The standard InChI is InChI=1S/C13H13N3OS3/c1-9(7-14)19-13-16-15-12(20-13)18-8-10-3-5-11(17-2)6-4-10/h3-6,9H,8H2,1-2H3/t9-/m1/s1. The van der Waals surface area contributed by atoms with Crippen LogP contribution in [0.5, 0.6) is 5.75 Å². The predicted molar refractivity (Wildman–Crippen MR) is 83.4 cm³/mol. The van der Waals surface area contributed by atoms with Crippen molar-refractivity contribution < 1.29 is 4.74 Å². The topological polar surface area (TPSA) is 58.8 Å². The molecule has 0 aliphatic heterocycles. The Balaban J connectivity index is 1.89. The molecule has 0 radical (unpaired) electrons. The third-order valence-electron chi connectivity index (χ3n) is 2.37. The van der Waals surface area contributed by atoms with Crippen LogP contribution in [0.15, 0.2) is 32.9 Å². The predicted octanol–water partition coefficient (Wildman–Crippen LogP) is 3.84. The van der Waals surface area contributed by atoms with Crippen LogP contribution in [0.2, 0.25) is 0 Å². The Labute approximate surface area is 130 Å². The first-order valence-corrected chi connectivity index (χ1v) is 8.55. The highest BCUT2D eigenvalue weighted by atomic mass is 32.2. The molecule has 0 saturated heterocycles. The highest BCUT2D eigenvalue weighted by Gasteiger charge is 2.09. The van der Waals surface area contributed by atoms with E-state index in [9.17, 15) is 0 Å². The van der Waals surface area contributed by atoms with E-state index in [0.29, 0.717) is 0 Å². The number of nitriles is 1. The SMILES string of the molecule is COc1ccc(CSc2nnc(S[C@H](C)C#N)s2)cc1. The summed E-state index contributed by atoms with van der Waals surface area (Å²) in [5.41, 5.74) is 1.21. The van der Waals surface area contributed by atoms with Crippen LogP contribution in [0.3, 0.4) is 0 Å². The van der Waals surface area contributed by atoms with E-state index in [0.717, 1.165) is 20.2 Å². The van der Waals surface area contributed by atoms with E-state index in [4.69, 9.17) is 10.00 Å². The molecule has 1 heterocycles. The minimum absolute atomic E-state index is 0.0950. The fraction of sp³-hybridized carbons (Fsp3) is 0.308. The first kappa shape index (κ1) is 15.2. The lowest BCUT2D eigenvalue weighted by Crippen LogP contribution is -1.88. The molecular formula is C13H13N3OS3. The number of rotatable bonds is 6. The molecule has 0 fully saturated rings. The quantitative estimate of drug-likeness (QED) is 0.753. The second-order valence-electron chi connectivity index (χ2n) is 3.86. The van der Waals surface area contributed by atoms with E-state index in [1.807, 2.05) is 31.2 Å². The molecule has 0 N–H and O–H groups in total. The highest BCUT2D eigenvalue weighted by Crippen LogP contribution is 2.32. The average molecular weight is 323 g/mol. The fourth-order valence-corrected chi connectivity index (χ4v) is 4.35. The van der Waals surface area contributed by atoms with E-state index in [1.165, 1.54) is 28.7 Å². The van der Waals surface area contributed by atoms with Crippen LogP contribution in [0, 0.1) is 11.3 Å². The highest BCUT2D eigenvalue weighted by molar-refractivity contribution is 8.03. The first-order chi connectivity index (χ1) is 9.71. The van der Waals surface area contributed by atoms with Crippen molar-refractivity contribution in [3.63, 3.8) is 0 Å². The summed E-state index contributed by atoms with van der Waals surface area (Å²) in [5, 5.41) is 16.9. The van der Waals surface area contributed by atoms with Crippen molar-refractivity contribution in [3.8, 4) is 11.8 Å².